The van der Waals surface area contributed by atoms with Gasteiger partial charge in [0.25, 0.3) is 0 Å². The number of aliphatic carboxylic acids is 1. The Kier molecular flexibility index (Phi) is 4.71. The van der Waals surface area contributed by atoms with Gasteiger partial charge in [-0.15, -0.1) is 0 Å². The van der Waals surface area contributed by atoms with Crippen LogP contribution in [0.2, 0.25) is 0 Å². The second kappa shape index (κ2) is 6.36. The van der Waals surface area contributed by atoms with Crippen LogP contribution in [0.25, 0.3) is 0 Å². The molecule has 1 amide bonds. The molecule has 1 saturated heterocycles. The number of carbonyl (C=O) groups excluding carboxylic acids is 1. The van der Waals surface area contributed by atoms with Crippen molar-refractivity contribution in [3.8, 4) is 0 Å². The number of carboxylic acid groups (broad SMARTS) is 1. The molecule has 6 nitrogen and oxygen atoms in total. The molecule has 0 aromatic heterocycles. The molecule has 0 unspecified atom stereocenters. The van der Waals surface area contributed by atoms with Gasteiger partial charge < -0.3 is 19.9 Å². The lowest BCUT2D eigenvalue weighted by Gasteiger charge is -2.23. The molecule has 1 aromatic rings. The number of nitrogens with one attached hydrogen (secondary N) is 1. The Morgan fingerprint density at radius 1 is 1.32 bits per heavy atom. The van der Waals surface area contributed by atoms with Crippen molar-refractivity contribution in [1.29, 1.82) is 0 Å². The van der Waals surface area contributed by atoms with E-state index in [-0.39, 0.29) is 0 Å². The molecule has 1 aliphatic rings. The van der Waals surface area contributed by atoms with Crippen LogP contribution in [0.15, 0.2) is 30.3 Å². The summed E-state index contributed by atoms with van der Waals surface area (Å²) in [4.78, 5) is 22.9. The molecule has 22 heavy (non-hydrogen) atoms. The number of alkyl carbamates (subject to hydrolysis) is 1. The molecular weight excluding hydrogens is 286 g/mol. The summed E-state index contributed by atoms with van der Waals surface area (Å²) in [6.45, 7) is 5.31. The Balaban J connectivity index is 2.03. The van der Waals surface area contributed by atoms with Crippen molar-refractivity contribution < 1.29 is 24.2 Å². The molecule has 1 aliphatic heterocycles. The molecule has 0 radical (unpaired) electrons. The molecule has 0 spiro atoms. The fourth-order valence-corrected chi connectivity index (χ4v) is 2.20. The zero-order chi connectivity index (χ0) is 16.3. The molecule has 0 bridgehead atoms. The van der Waals surface area contributed by atoms with Gasteiger partial charge in [-0.2, -0.15) is 0 Å². The predicted octanol–water partition coefficient (Wildman–Crippen LogP) is 1.97. The minimum Gasteiger partial charge on any atom is -0.479 e. The summed E-state index contributed by atoms with van der Waals surface area (Å²) in [7, 11) is 0. The van der Waals surface area contributed by atoms with Crippen molar-refractivity contribution in [2.45, 2.75) is 51.0 Å². The summed E-state index contributed by atoms with van der Waals surface area (Å²) in [6.07, 6.45) is -1.50. The molecule has 1 fully saturated rings. The third-order valence-electron chi connectivity index (χ3n) is 3.17. The van der Waals surface area contributed by atoms with Crippen LogP contribution in [0.4, 0.5) is 4.79 Å². The van der Waals surface area contributed by atoms with Gasteiger partial charge in [-0.3, -0.25) is 0 Å². The van der Waals surface area contributed by atoms with Crippen molar-refractivity contribution in [3.63, 3.8) is 0 Å². The third-order valence-corrected chi connectivity index (χ3v) is 3.17. The van der Waals surface area contributed by atoms with Crippen molar-refractivity contribution in [2.24, 2.45) is 0 Å². The fourth-order valence-electron chi connectivity index (χ4n) is 2.20. The first kappa shape index (κ1) is 16.3. The number of rotatable bonds is 5. The van der Waals surface area contributed by atoms with Crippen molar-refractivity contribution in [1.82, 2.24) is 5.32 Å². The van der Waals surface area contributed by atoms with Gasteiger partial charge in [0.05, 0.1) is 6.04 Å². The van der Waals surface area contributed by atoms with E-state index in [2.05, 4.69) is 5.32 Å². The molecule has 120 valence electrons. The first-order valence-corrected chi connectivity index (χ1v) is 7.18. The maximum absolute atomic E-state index is 11.9. The number of carbonyl (C=O) groups is 2. The smallest absolute Gasteiger partial charge is 0.407 e. The highest BCUT2D eigenvalue weighted by molar-refractivity contribution is 5.76. The number of amides is 1. The van der Waals surface area contributed by atoms with Crippen LogP contribution in [-0.4, -0.2) is 41.0 Å². The summed E-state index contributed by atoms with van der Waals surface area (Å²) in [6, 6.07) is 9.07. The monoisotopic (exact) mass is 307 g/mol. The van der Waals surface area contributed by atoms with Crippen molar-refractivity contribution >= 4 is 12.1 Å². The minimum absolute atomic E-state index is 0.446. The highest BCUT2D eigenvalue weighted by Crippen LogP contribution is 2.28. The fraction of sp³-hybridized carbons (Fsp3) is 0.500. The maximum Gasteiger partial charge on any atom is 0.407 e. The second-order valence-electron chi connectivity index (χ2n) is 6.30. The van der Waals surface area contributed by atoms with E-state index in [1.807, 2.05) is 30.3 Å². The number of benzene rings is 1. The summed E-state index contributed by atoms with van der Waals surface area (Å²) in [5.74, 6) is -1.02. The van der Waals surface area contributed by atoms with E-state index in [4.69, 9.17) is 14.6 Å². The number of hydrogen-bond acceptors (Lipinski definition) is 4. The van der Waals surface area contributed by atoms with E-state index in [0.29, 0.717) is 6.42 Å². The molecule has 6 heteroatoms. The van der Waals surface area contributed by atoms with E-state index in [9.17, 15) is 9.59 Å². The lowest BCUT2D eigenvalue weighted by atomic mass is 10.0. The van der Waals surface area contributed by atoms with Gasteiger partial charge in [0.2, 0.25) is 0 Å². The summed E-state index contributed by atoms with van der Waals surface area (Å²) in [5, 5.41) is 11.7. The highest BCUT2D eigenvalue weighted by Gasteiger charge is 2.50. The highest BCUT2D eigenvalue weighted by atomic mass is 16.6. The van der Waals surface area contributed by atoms with Crippen LogP contribution in [0, 0.1) is 0 Å². The molecule has 2 rings (SSSR count). The first-order chi connectivity index (χ1) is 10.3. The lowest BCUT2D eigenvalue weighted by molar-refractivity contribution is -0.138. The van der Waals surface area contributed by atoms with Gasteiger partial charge >= 0.3 is 12.1 Å². The minimum atomic E-state index is -1.02. The molecule has 3 atom stereocenters. The number of ether oxygens (including phenoxy) is 2. The van der Waals surface area contributed by atoms with Crippen molar-refractivity contribution in [2.75, 3.05) is 0 Å². The Labute approximate surface area is 129 Å². The molecule has 0 aliphatic carbocycles. The van der Waals surface area contributed by atoms with Gasteiger partial charge in [0.15, 0.2) is 6.10 Å². The van der Waals surface area contributed by atoms with Gasteiger partial charge in [-0.05, 0) is 32.8 Å². The third kappa shape index (κ3) is 4.73. The van der Waals surface area contributed by atoms with Gasteiger partial charge in [0, 0.05) is 0 Å². The average molecular weight is 307 g/mol. The number of hydrogen-bond donors (Lipinski definition) is 2. The topological polar surface area (TPSA) is 88.2 Å². The van der Waals surface area contributed by atoms with Gasteiger partial charge in [0.1, 0.15) is 11.7 Å². The van der Waals surface area contributed by atoms with E-state index in [1.165, 1.54) is 0 Å². The predicted molar refractivity (Wildman–Crippen MR) is 79.6 cm³/mol. The van der Waals surface area contributed by atoms with Crippen LogP contribution in [0.5, 0.6) is 0 Å². The van der Waals surface area contributed by atoms with Crippen molar-refractivity contribution in [3.05, 3.63) is 35.9 Å². The molecular formula is C16H21NO5. The summed E-state index contributed by atoms with van der Waals surface area (Å²) < 4.78 is 10.4. The Morgan fingerprint density at radius 2 is 1.95 bits per heavy atom. The quantitative estimate of drug-likeness (QED) is 0.812. The number of epoxide rings is 1. The zero-order valence-corrected chi connectivity index (χ0v) is 12.9. The Hall–Kier alpha value is -2.08. The zero-order valence-electron chi connectivity index (χ0n) is 12.9. The summed E-state index contributed by atoms with van der Waals surface area (Å²) in [5.41, 5.74) is 0.376. The summed E-state index contributed by atoms with van der Waals surface area (Å²) >= 11 is 0. The number of carboxylic acids is 1. The van der Waals surface area contributed by atoms with Crippen LogP contribution in [-0.2, 0) is 20.7 Å². The van der Waals surface area contributed by atoms with E-state index < -0.39 is 35.9 Å². The lowest BCUT2D eigenvalue weighted by Crippen LogP contribution is -2.44. The van der Waals surface area contributed by atoms with Crippen LogP contribution >= 0.6 is 0 Å². The first-order valence-electron chi connectivity index (χ1n) is 7.18. The van der Waals surface area contributed by atoms with E-state index >= 15 is 0 Å². The Morgan fingerprint density at radius 3 is 2.45 bits per heavy atom. The van der Waals surface area contributed by atoms with E-state index in [1.54, 1.807) is 20.8 Å². The molecule has 1 aromatic carbocycles. The maximum atomic E-state index is 11.9. The largest absolute Gasteiger partial charge is 0.479 e. The second-order valence-corrected chi connectivity index (χ2v) is 6.30. The Bertz CT molecular complexity index is 537. The normalized spacial score (nSPS) is 21.8. The molecule has 1 heterocycles. The average Bonchev–Trinajstić information content (AvgIpc) is 3.17. The molecule has 0 saturated carbocycles. The van der Waals surface area contributed by atoms with Crippen LogP contribution in [0.1, 0.15) is 26.3 Å². The van der Waals surface area contributed by atoms with Gasteiger partial charge in [-0.1, -0.05) is 30.3 Å². The standard InChI is InChI=1S/C16H21NO5/c1-16(2,3)22-15(20)17-11(12-13(21-12)14(18)19)9-10-7-5-4-6-8-10/h4-8,11-13H,9H2,1-3H3,(H,17,20)(H,18,19)/t11-,12+,13-/m0/s1. The van der Waals surface area contributed by atoms with Crippen LogP contribution < -0.4 is 5.32 Å². The SMILES string of the molecule is CC(C)(C)OC(=O)N[C@@H](Cc1ccccc1)[C@H]1O[C@@H]1C(=O)O. The van der Waals surface area contributed by atoms with E-state index in [0.717, 1.165) is 5.56 Å². The van der Waals surface area contributed by atoms with Crippen LogP contribution in [0.3, 0.4) is 0 Å². The van der Waals surface area contributed by atoms with Gasteiger partial charge in [-0.25, -0.2) is 9.59 Å². The molecule has 2 N–H and O–H groups in total.